The largest absolute Gasteiger partial charge is 0.493 e. The topological polar surface area (TPSA) is 160 Å². The maximum atomic E-state index is 12.8. The molecule has 0 amide bonds. The molecule has 2 aromatic rings. The first-order valence-corrected chi connectivity index (χ1v) is 12.9. The fourth-order valence-electron chi connectivity index (χ4n) is 2.97. The number of sulfone groups is 1. The lowest BCUT2D eigenvalue weighted by atomic mass is 10.1. The van der Waals surface area contributed by atoms with Crippen molar-refractivity contribution < 1.29 is 30.6 Å². The van der Waals surface area contributed by atoms with Crippen LogP contribution in [0.1, 0.15) is 18.4 Å². The number of oxime groups is 1. The van der Waals surface area contributed by atoms with Crippen molar-refractivity contribution in [3.63, 3.8) is 0 Å². The van der Waals surface area contributed by atoms with Crippen molar-refractivity contribution in [3.8, 4) is 11.5 Å². The molecular formula is C20H25N3O7S2. The van der Waals surface area contributed by atoms with Crippen molar-refractivity contribution in [2.24, 2.45) is 22.0 Å². The Labute approximate surface area is 187 Å². The third kappa shape index (κ3) is 6.04. The molecule has 0 saturated heterocycles. The highest BCUT2D eigenvalue weighted by Gasteiger charge is 2.45. The molecule has 10 nitrogen and oxygen atoms in total. The Balaban J connectivity index is 1.76. The van der Waals surface area contributed by atoms with Crippen LogP contribution in [0.25, 0.3) is 0 Å². The van der Waals surface area contributed by atoms with Crippen LogP contribution in [0, 0.1) is 12.3 Å². The summed E-state index contributed by atoms with van der Waals surface area (Å²) in [6.45, 7) is 2.36. The van der Waals surface area contributed by atoms with Crippen LogP contribution in [0.2, 0.25) is 0 Å². The Morgan fingerprint density at radius 1 is 1.00 bits per heavy atom. The molecule has 0 atom stereocenters. The van der Waals surface area contributed by atoms with E-state index in [0.717, 1.165) is 19.1 Å². The van der Waals surface area contributed by atoms with Gasteiger partial charge in [0.15, 0.2) is 9.84 Å². The second kappa shape index (κ2) is 8.87. The van der Waals surface area contributed by atoms with Crippen LogP contribution in [-0.4, -0.2) is 42.3 Å². The second-order valence-electron chi connectivity index (χ2n) is 7.82. The van der Waals surface area contributed by atoms with Gasteiger partial charge in [-0.15, -0.1) is 0 Å². The van der Waals surface area contributed by atoms with Crippen molar-refractivity contribution in [2.75, 3.05) is 19.5 Å². The first kappa shape index (κ1) is 23.7. The zero-order valence-corrected chi connectivity index (χ0v) is 19.3. The number of aryl methyl sites for hydroxylation is 1. The van der Waals surface area contributed by atoms with Crippen LogP contribution in [0.15, 0.2) is 57.4 Å². The van der Waals surface area contributed by atoms with Gasteiger partial charge in [0.1, 0.15) is 23.0 Å². The number of nitrogens with two attached hydrogens (primary N) is 2. The number of ether oxygens (including phenoxy) is 1. The van der Waals surface area contributed by atoms with Crippen molar-refractivity contribution in [3.05, 3.63) is 48.0 Å². The fourth-order valence-corrected chi connectivity index (χ4v) is 5.49. The van der Waals surface area contributed by atoms with E-state index < -0.39 is 24.9 Å². The highest BCUT2D eigenvalue weighted by atomic mass is 32.2. The van der Waals surface area contributed by atoms with Gasteiger partial charge in [0.05, 0.1) is 11.5 Å². The predicted octanol–water partition coefficient (Wildman–Crippen LogP) is 1.53. The van der Waals surface area contributed by atoms with Crippen molar-refractivity contribution >= 4 is 25.9 Å². The molecule has 174 valence electrons. The van der Waals surface area contributed by atoms with Crippen LogP contribution in [0.4, 0.5) is 0 Å². The van der Waals surface area contributed by atoms with E-state index >= 15 is 0 Å². The third-order valence-corrected chi connectivity index (χ3v) is 7.38. The predicted molar refractivity (Wildman–Crippen MR) is 117 cm³/mol. The number of guanidine groups is 1. The molecule has 32 heavy (non-hydrogen) atoms. The van der Waals surface area contributed by atoms with Gasteiger partial charge in [-0.25, -0.2) is 8.42 Å². The lowest BCUT2D eigenvalue weighted by Crippen LogP contribution is -2.24. The normalized spacial score (nSPS) is 14.9. The number of nitrogens with zero attached hydrogens (tertiary/aromatic N) is 1. The summed E-state index contributed by atoms with van der Waals surface area (Å²) < 4.78 is 60.7. The number of rotatable bonds is 10. The Bertz CT molecular complexity index is 1230. The average Bonchev–Trinajstić information content (AvgIpc) is 3.45. The van der Waals surface area contributed by atoms with E-state index in [1.54, 1.807) is 13.0 Å². The minimum Gasteiger partial charge on any atom is -0.493 e. The van der Waals surface area contributed by atoms with Crippen molar-refractivity contribution in [1.29, 1.82) is 0 Å². The standard InChI is InChI=1S/C20H25N3O7S2/c1-14-9-15(28-12-20(7-8-20)13-29-23-19(21)22)11-16(10-14)30-32(26,27)18-6-4-3-5-17(18)31(2,24)25/h3-6,9-11H,7-8,12-13H2,1-2H3,(H4,21,22,23). The lowest BCUT2D eigenvalue weighted by molar-refractivity contribution is 0.0714. The van der Waals surface area contributed by atoms with Crippen LogP contribution < -0.4 is 20.4 Å². The minimum absolute atomic E-state index is 0.00454. The fraction of sp³-hybridized carbons (Fsp3) is 0.350. The van der Waals surface area contributed by atoms with E-state index in [9.17, 15) is 16.8 Å². The minimum atomic E-state index is -4.40. The van der Waals surface area contributed by atoms with E-state index in [-0.39, 0.29) is 28.6 Å². The Kier molecular flexibility index (Phi) is 6.56. The van der Waals surface area contributed by atoms with E-state index in [0.29, 0.717) is 17.9 Å². The molecule has 0 spiro atoms. The molecule has 1 aliphatic carbocycles. The zero-order valence-electron chi connectivity index (χ0n) is 17.6. The average molecular weight is 484 g/mol. The van der Waals surface area contributed by atoms with Gasteiger partial charge in [0, 0.05) is 17.7 Å². The maximum absolute atomic E-state index is 12.8. The number of hydrogen-bond acceptors (Lipinski definition) is 8. The van der Waals surface area contributed by atoms with Gasteiger partial charge in [0.25, 0.3) is 0 Å². The monoisotopic (exact) mass is 483 g/mol. The van der Waals surface area contributed by atoms with Gasteiger partial charge in [-0.3, -0.25) is 0 Å². The molecule has 1 saturated carbocycles. The van der Waals surface area contributed by atoms with Crippen LogP contribution in [0.5, 0.6) is 11.5 Å². The molecule has 4 N–H and O–H groups in total. The van der Waals surface area contributed by atoms with E-state index in [1.165, 1.54) is 36.4 Å². The van der Waals surface area contributed by atoms with Gasteiger partial charge in [-0.05, 0) is 54.8 Å². The summed E-state index contributed by atoms with van der Waals surface area (Å²) in [5.41, 5.74) is 11.0. The quantitative estimate of drug-likeness (QED) is 0.221. The summed E-state index contributed by atoms with van der Waals surface area (Å²) in [6.07, 6.45) is 2.68. The van der Waals surface area contributed by atoms with Gasteiger partial charge in [-0.1, -0.05) is 12.1 Å². The molecule has 1 aliphatic rings. The summed E-state index contributed by atoms with van der Waals surface area (Å²) in [5, 5.41) is 3.51. The Hall–Kier alpha value is -2.99. The molecule has 12 heteroatoms. The SMILES string of the molecule is Cc1cc(OCC2(CON=C(N)N)CC2)cc(OS(=O)(=O)c2ccccc2S(C)(=O)=O)c1. The van der Waals surface area contributed by atoms with Crippen LogP contribution in [0.3, 0.4) is 0 Å². The highest BCUT2D eigenvalue weighted by molar-refractivity contribution is 7.92. The first-order valence-electron chi connectivity index (χ1n) is 9.59. The number of benzene rings is 2. The van der Waals surface area contributed by atoms with Crippen molar-refractivity contribution in [1.82, 2.24) is 0 Å². The molecule has 0 unspecified atom stereocenters. The van der Waals surface area contributed by atoms with E-state index in [1.807, 2.05) is 0 Å². The molecule has 1 fully saturated rings. The smallest absolute Gasteiger partial charge is 0.340 e. The van der Waals surface area contributed by atoms with E-state index in [4.69, 9.17) is 25.2 Å². The summed E-state index contributed by atoms with van der Waals surface area (Å²) in [7, 11) is -8.18. The zero-order chi connectivity index (χ0) is 23.6. The summed E-state index contributed by atoms with van der Waals surface area (Å²) in [6, 6.07) is 9.95. The van der Waals surface area contributed by atoms with Gasteiger partial charge < -0.3 is 25.2 Å². The Morgan fingerprint density at radius 3 is 2.22 bits per heavy atom. The van der Waals surface area contributed by atoms with E-state index in [2.05, 4.69) is 5.16 Å². The summed E-state index contributed by atoms with van der Waals surface area (Å²) >= 11 is 0. The first-order chi connectivity index (χ1) is 14.9. The molecular weight excluding hydrogens is 458 g/mol. The molecule has 2 aromatic carbocycles. The second-order valence-corrected chi connectivity index (χ2v) is 11.3. The molecule has 0 heterocycles. The molecule has 0 aliphatic heterocycles. The summed E-state index contributed by atoms with van der Waals surface area (Å²) in [5.74, 6) is 0.241. The van der Waals surface area contributed by atoms with Crippen LogP contribution >= 0.6 is 0 Å². The molecule has 0 radical (unpaired) electrons. The van der Waals surface area contributed by atoms with Gasteiger partial charge >= 0.3 is 10.1 Å². The lowest BCUT2D eigenvalue weighted by Gasteiger charge is -2.16. The molecule has 0 bridgehead atoms. The number of hydrogen-bond donors (Lipinski definition) is 2. The maximum Gasteiger partial charge on any atom is 0.340 e. The summed E-state index contributed by atoms with van der Waals surface area (Å²) in [4.78, 5) is 4.35. The highest BCUT2D eigenvalue weighted by Crippen LogP contribution is 2.46. The van der Waals surface area contributed by atoms with Gasteiger partial charge in [0.2, 0.25) is 5.96 Å². The third-order valence-electron chi connectivity index (χ3n) is 4.79. The molecule has 0 aromatic heterocycles. The van der Waals surface area contributed by atoms with Crippen molar-refractivity contribution in [2.45, 2.75) is 29.6 Å². The molecule has 3 rings (SSSR count). The van der Waals surface area contributed by atoms with Gasteiger partial charge in [-0.2, -0.15) is 8.42 Å². The Morgan fingerprint density at radius 2 is 1.62 bits per heavy atom. The van der Waals surface area contributed by atoms with Crippen LogP contribution in [-0.2, 0) is 24.8 Å².